The molecule has 242 valence electrons. The van der Waals surface area contributed by atoms with Gasteiger partial charge in [0.05, 0.1) is 23.5 Å². The van der Waals surface area contributed by atoms with Crippen LogP contribution in [0, 0.1) is 13.8 Å². The van der Waals surface area contributed by atoms with Crippen molar-refractivity contribution in [1.82, 2.24) is 20.3 Å². The first kappa shape index (κ1) is 34.2. The minimum Gasteiger partial charge on any atom is -0.478 e. The van der Waals surface area contributed by atoms with Crippen molar-refractivity contribution in [2.24, 2.45) is 0 Å². The van der Waals surface area contributed by atoms with Crippen LogP contribution in [0.5, 0.6) is 5.88 Å². The molecule has 3 N–H and O–H groups in total. The van der Waals surface area contributed by atoms with Crippen molar-refractivity contribution >= 4 is 30.0 Å². The average Bonchev–Trinajstić information content (AvgIpc) is 2.97. The molecule has 0 aliphatic heterocycles. The van der Waals surface area contributed by atoms with Crippen molar-refractivity contribution in [1.29, 1.82) is 0 Å². The fourth-order valence-electron chi connectivity index (χ4n) is 4.56. The third kappa shape index (κ3) is 9.43. The molecule has 0 fully saturated rings. The summed E-state index contributed by atoms with van der Waals surface area (Å²) >= 11 is 1.18. The Morgan fingerprint density at radius 1 is 0.935 bits per heavy atom. The standard InChI is InChI=1S/C35H41N5O5S/c1-21-11-9-12-22(2)30(21)27-18-29(39-32(38-27)40-46-25-14-10-13-23(17-25)31(41)42)44-28(20-37-33(43)45-35(6,7)8)26-16-15-24(19-36-26)34(3,4)5/h9-19,28H,20H2,1-8H3,(H,37,43)(H,41,42)(H,38,39,40). The van der Waals surface area contributed by atoms with Gasteiger partial charge in [0.1, 0.15) is 5.60 Å². The molecule has 0 aliphatic carbocycles. The summed E-state index contributed by atoms with van der Waals surface area (Å²) in [6.45, 7) is 15.8. The van der Waals surface area contributed by atoms with Crippen LogP contribution in [0.25, 0.3) is 11.3 Å². The average molecular weight is 644 g/mol. The fraction of sp³-hybridized carbons (Fsp3) is 0.343. The van der Waals surface area contributed by atoms with Gasteiger partial charge < -0.3 is 19.9 Å². The van der Waals surface area contributed by atoms with Crippen LogP contribution in [0.1, 0.15) is 80.4 Å². The van der Waals surface area contributed by atoms with Gasteiger partial charge in [0, 0.05) is 22.7 Å². The third-order valence-corrected chi connectivity index (χ3v) is 7.63. The number of aryl methyl sites for hydroxylation is 2. The van der Waals surface area contributed by atoms with E-state index in [-0.39, 0.29) is 29.4 Å². The highest BCUT2D eigenvalue weighted by Gasteiger charge is 2.23. The van der Waals surface area contributed by atoms with E-state index in [1.807, 2.05) is 50.4 Å². The Morgan fingerprint density at radius 2 is 1.63 bits per heavy atom. The van der Waals surface area contributed by atoms with Crippen LogP contribution in [-0.2, 0) is 10.2 Å². The van der Waals surface area contributed by atoms with Crippen molar-refractivity contribution in [3.05, 3.63) is 94.8 Å². The molecular formula is C35H41N5O5S. The molecule has 2 aromatic carbocycles. The molecular weight excluding hydrogens is 602 g/mol. The number of hydrogen-bond donors (Lipinski definition) is 3. The molecule has 0 spiro atoms. The zero-order valence-electron chi connectivity index (χ0n) is 27.5. The zero-order valence-corrected chi connectivity index (χ0v) is 28.3. The van der Waals surface area contributed by atoms with Crippen molar-refractivity contribution in [2.75, 3.05) is 11.3 Å². The Morgan fingerprint density at radius 3 is 2.24 bits per heavy atom. The molecule has 0 radical (unpaired) electrons. The van der Waals surface area contributed by atoms with Gasteiger partial charge in [-0.25, -0.2) is 14.6 Å². The van der Waals surface area contributed by atoms with E-state index in [1.54, 1.807) is 45.0 Å². The van der Waals surface area contributed by atoms with Crippen molar-refractivity contribution < 1.29 is 24.2 Å². The molecule has 4 aromatic rings. The summed E-state index contributed by atoms with van der Waals surface area (Å²) in [5.74, 6) is -0.495. The maximum absolute atomic E-state index is 12.6. The van der Waals surface area contributed by atoms with Gasteiger partial charge in [-0.3, -0.25) is 9.71 Å². The fourth-order valence-corrected chi connectivity index (χ4v) is 5.19. The largest absolute Gasteiger partial charge is 0.478 e. The molecule has 1 atom stereocenters. The monoisotopic (exact) mass is 643 g/mol. The number of alkyl carbamates (subject to hydrolysis) is 1. The number of anilines is 1. The Labute approximate surface area is 274 Å². The van der Waals surface area contributed by atoms with Crippen LogP contribution in [0.4, 0.5) is 10.7 Å². The summed E-state index contributed by atoms with van der Waals surface area (Å²) in [4.78, 5) is 38.9. The molecule has 0 aliphatic rings. The highest BCUT2D eigenvalue weighted by molar-refractivity contribution is 8.00. The van der Waals surface area contributed by atoms with E-state index in [0.717, 1.165) is 22.3 Å². The molecule has 2 aromatic heterocycles. The van der Waals surface area contributed by atoms with E-state index in [9.17, 15) is 14.7 Å². The predicted molar refractivity (Wildman–Crippen MR) is 180 cm³/mol. The number of benzene rings is 2. The molecule has 1 unspecified atom stereocenters. The number of nitrogens with one attached hydrogen (secondary N) is 2. The van der Waals surface area contributed by atoms with Gasteiger partial charge in [-0.1, -0.05) is 51.1 Å². The Bertz CT molecular complexity index is 1680. The van der Waals surface area contributed by atoms with Crippen molar-refractivity contribution in [3.63, 3.8) is 0 Å². The first-order valence-electron chi connectivity index (χ1n) is 14.9. The first-order chi connectivity index (χ1) is 21.6. The molecule has 4 rings (SSSR count). The van der Waals surface area contributed by atoms with Gasteiger partial charge in [0.15, 0.2) is 6.10 Å². The van der Waals surface area contributed by atoms with Crippen molar-refractivity contribution in [2.45, 2.75) is 77.4 Å². The number of amides is 1. The molecule has 0 saturated carbocycles. The van der Waals surface area contributed by atoms with Gasteiger partial charge in [-0.05, 0) is 92.9 Å². The molecule has 11 heteroatoms. The number of ether oxygens (including phenoxy) is 2. The summed E-state index contributed by atoms with van der Waals surface area (Å²) < 4.78 is 15.1. The lowest BCUT2D eigenvalue weighted by atomic mass is 9.88. The maximum Gasteiger partial charge on any atom is 0.407 e. The number of carbonyl (C=O) groups is 2. The maximum atomic E-state index is 12.6. The molecule has 2 heterocycles. The second-order valence-corrected chi connectivity index (χ2v) is 13.8. The SMILES string of the molecule is Cc1cccc(C)c1-c1cc(OC(CNC(=O)OC(C)(C)C)c2ccc(C(C)(C)C)cn2)nc(NSc2cccc(C(=O)O)c2)n1. The van der Waals surface area contributed by atoms with Crippen LogP contribution in [0.3, 0.4) is 0 Å². The number of carboxylic acids is 1. The lowest BCUT2D eigenvalue weighted by Crippen LogP contribution is -2.36. The van der Waals surface area contributed by atoms with E-state index < -0.39 is 23.8 Å². The molecule has 0 bridgehead atoms. The van der Waals surface area contributed by atoms with E-state index in [4.69, 9.17) is 19.4 Å². The van der Waals surface area contributed by atoms with Crippen LogP contribution >= 0.6 is 11.9 Å². The minimum absolute atomic E-state index is 0.0685. The summed E-state index contributed by atoms with van der Waals surface area (Å²) in [6, 6.07) is 18.2. The van der Waals surface area contributed by atoms with E-state index in [1.165, 1.54) is 18.0 Å². The number of nitrogens with zero attached hydrogens (tertiary/aromatic N) is 3. The second kappa shape index (κ2) is 14.2. The lowest BCUT2D eigenvalue weighted by Gasteiger charge is -2.23. The third-order valence-electron chi connectivity index (χ3n) is 6.86. The van der Waals surface area contributed by atoms with Gasteiger partial charge in [0.2, 0.25) is 11.8 Å². The smallest absolute Gasteiger partial charge is 0.407 e. The Balaban J connectivity index is 1.71. The predicted octanol–water partition coefficient (Wildman–Crippen LogP) is 7.92. The van der Waals surface area contributed by atoms with Crippen molar-refractivity contribution in [3.8, 4) is 17.1 Å². The second-order valence-electron chi connectivity index (χ2n) is 12.9. The number of carboxylic acid groups (broad SMARTS) is 1. The summed E-state index contributed by atoms with van der Waals surface area (Å²) in [5.41, 5.74) is 4.71. The normalized spacial score (nSPS) is 12.3. The highest BCUT2D eigenvalue weighted by atomic mass is 32.2. The van der Waals surface area contributed by atoms with Crippen LogP contribution in [0.15, 0.2) is 71.8 Å². The Kier molecular flexibility index (Phi) is 10.6. The van der Waals surface area contributed by atoms with E-state index >= 15 is 0 Å². The molecule has 10 nitrogen and oxygen atoms in total. The number of rotatable bonds is 10. The minimum atomic E-state index is -1.01. The summed E-state index contributed by atoms with van der Waals surface area (Å²) in [6.07, 6.45) is 0.527. The quantitative estimate of drug-likeness (QED) is 0.146. The van der Waals surface area contributed by atoms with Crippen LogP contribution in [0.2, 0.25) is 0 Å². The molecule has 1 amide bonds. The summed E-state index contributed by atoms with van der Waals surface area (Å²) in [5, 5.41) is 12.2. The number of carbonyl (C=O) groups excluding carboxylic acids is 1. The lowest BCUT2D eigenvalue weighted by molar-refractivity contribution is 0.0497. The number of aromatic carboxylic acids is 1. The molecule has 0 saturated heterocycles. The van der Waals surface area contributed by atoms with Crippen LogP contribution < -0.4 is 14.8 Å². The number of hydrogen-bond acceptors (Lipinski definition) is 9. The topological polar surface area (TPSA) is 136 Å². The number of aromatic nitrogens is 3. The summed E-state index contributed by atoms with van der Waals surface area (Å²) in [7, 11) is 0. The van der Waals surface area contributed by atoms with Gasteiger partial charge >= 0.3 is 12.1 Å². The highest BCUT2D eigenvalue weighted by Crippen LogP contribution is 2.32. The van der Waals surface area contributed by atoms with Gasteiger partial charge in [-0.15, -0.1) is 0 Å². The van der Waals surface area contributed by atoms with E-state index in [2.05, 4.69) is 35.8 Å². The van der Waals surface area contributed by atoms with E-state index in [0.29, 0.717) is 16.3 Å². The molecule has 46 heavy (non-hydrogen) atoms. The Hall–Kier alpha value is -4.64. The number of pyridine rings is 1. The van der Waals surface area contributed by atoms with Gasteiger partial charge in [0.25, 0.3) is 0 Å². The van der Waals surface area contributed by atoms with Gasteiger partial charge in [-0.2, -0.15) is 4.98 Å². The van der Waals surface area contributed by atoms with Crippen LogP contribution in [-0.4, -0.2) is 44.3 Å². The first-order valence-corrected chi connectivity index (χ1v) is 15.7. The zero-order chi connectivity index (χ0) is 33.6.